The molecule has 98 valence electrons. The molecule has 0 aliphatic rings. The summed E-state index contributed by atoms with van der Waals surface area (Å²) in [6.45, 7) is 1.87. The lowest BCUT2D eigenvalue weighted by Crippen LogP contribution is -2.12. The van der Waals surface area contributed by atoms with Gasteiger partial charge in [0.15, 0.2) is 0 Å². The molecule has 3 nitrogen and oxygen atoms in total. The summed E-state index contributed by atoms with van der Waals surface area (Å²) in [5.41, 5.74) is 6.50. The first-order chi connectivity index (χ1) is 8.97. The third kappa shape index (κ3) is 3.12. The highest BCUT2D eigenvalue weighted by atomic mass is 79.9. The highest BCUT2D eigenvalue weighted by Gasteiger charge is 2.12. The van der Waals surface area contributed by atoms with Gasteiger partial charge in [0.05, 0.1) is 10.0 Å². The molecule has 2 aromatic rings. The first-order valence-corrected chi connectivity index (χ1v) is 6.30. The highest BCUT2D eigenvalue weighted by molar-refractivity contribution is 9.10. The van der Waals surface area contributed by atoms with Gasteiger partial charge in [0.25, 0.3) is 5.91 Å². The number of aryl methyl sites for hydroxylation is 1. The van der Waals surface area contributed by atoms with E-state index in [9.17, 15) is 9.18 Å². The zero-order valence-corrected chi connectivity index (χ0v) is 11.7. The summed E-state index contributed by atoms with van der Waals surface area (Å²) >= 11 is 3.20. The molecule has 2 aromatic carbocycles. The lowest BCUT2D eigenvalue weighted by atomic mass is 10.1. The van der Waals surface area contributed by atoms with Gasteiger partial charge in [-0.25, -0.2) is 4.39 Å². The topological polar surface area (TPSA) is 52.3 Å². The van der Waals surface area contributed by atoms with Crippen molar-refractivity contribution in [1.82, 2.24) is 0 Å². The molecule has 0 aliphatic heterocycles. The van der Waals surface area contributed by atoms with E-state index in [-0.39, 0.29) is 11.4 Å². The second kappa shape index (κ2) is 5.40. The Morgan fingerprint density at radius 2 is 1.95 bits per heavy atom. The average Bonchev–Trinajstić information content (AvgIpc) is 2.32. The van der Waals surface area contributed by atoms with Gasteiger partial charge < -0.3 is 10.5 Å². The quantitative estimate of drug-likeness (QED) is 0.934. The van der Waals surface area contributed by atoms with Crippen molar-refractivity contribution in [3.05, 3.63) is 57.8 Å². The predicted octanol–water partition coefficient (Wildman–Crippen LogP) is 3.79. The molecule has 0 bridgehead atoms. The van der Waals surface area contributed by atoms with Crippen molar-refractivity contribution in [3.63, 3.8) is 0 Å². The van der Waals surface area contributed by atoms with Gasteiger partial charge in [-0.1, -0.05) is 6.07 Å². The number of amides is 1. The number of hydrogen-bond acceptors (Lipinski definition) is 2. The fourth-order valence-corrected chi connectivity index (χ4v) is 2.03. The molecule has 0 saturated carbocycles. The Morgan fingerprint density at radius 1 is 1.21 bits per heavy atom. The zero-order chi connectivity index (χ0) is 14.0. The van der Waals surface area contributed by atoms with E-state index in [1.165, 1.54) is 18.2 Å². The lowest BCUT2D eigenvalue weighted by Gasteiger charge is -2.11. The summed E-state index contributed by atoms with van der Waals surface area (Å²) in [6, 6.07) is 9.12. The Balaban J connectivity index is 2.42. The number of halogens is 2. The van der Waals surface area contributed by atoms with Crippen LogP contribution in [0.5, 0.6) is 11.5 Å². The molecular formula is C14H11BrFNO2. The Labute approximate surface area is 118 Å². The predicted molar refractivity (Wildman–Crippen MR) is 73.9 cm³/mol. The van der Waals surface area contributed by atoms with Crippen LogP contribution in [0.4, 0.5) is 4.39 Å². The van der Waals surface area contributed by atoms with E-state index < -0.39 is 5.91 Å². The minimum absolute atomic E-state index is 0.279. The minimum atomic E-state index is -0.576. The Bertz CT molecular complexity index is 643. The number of hydrogen-bond donors (Lipinski definition) is 1. The van der Waals surface area contributed by atoms with E-state index in [1.807, 2.05) is 6.92 Å². The molecule has 0 spiro atoms. The molecule has 0 aromatic heterocycles. The molecule has 19 heavy (non-hydrogen) atoms. The van der Waals surface area contributed by atoms with Crippen LogP contribution in [0.2, 0.25) is 0 Å². The SMILES string of the molecule is Cc1ccc(C(N)=O)c(Oc2ccc(F)cc2Br)c1. The summed E-state index contributed by atoms with van der Waals surface area (Å²) in [6.07, 6.45) is 0. The monoisotopic (exact) mass is 323 g/mol. The number of benzene rings is 2. The van der Waals surface area contributed by atoms with Crippen LogP contribution < -0.4 is 10.5 Å². The maximum Gasteiger partial charge on any atom is 0.252 e. The summed E-state index contributed by atoms with van der Waals surface area (Å²) in [5, 5.41) is 0. The van der Waals surface area contributed by atoms with E-state index in [1.54, 1.807) is 18.2 Å². The molecule has 0 aliphatic carbocycles. The number of ether oxygens (including phenoxy) is 1. The van der Waals surface area contributed by atoms with Crippen molar-refractivity contribution < 1.29 is 13.9 Å². The first kappa shape index (κ1) is 13.5. The first-order valence-electron chi connectivity index (χ1n) is 5.51. The average molecular weight is 324 g/mol. The molecule has 2 rings (SSSR count). The molecule has 0 radical (unpaired) electrons. The van der Waals surface area contributed by atoms with Crippen molar-refractivity contribution >= 4 is 21.8 Å². The number of rotatable bonds is 3. The molecule has 0 heterocycles. The fraction of sp³-hybridized carbons (Fsp3) is 0.0714. The molecule has 0 unspecified atom stereocenters. The number of primary amides is 1. The van der Waals surface area contributed by atoms with Crippen LogP contribution >= 0.6 is 15.9 Å². The maximum atomic E-state index is 13.0. The largest absolute Gasteiger partial charge is 0.455 e. The number of carbonyl (C=O) groups excluding carboxylic acids is 1. The minimum Gasteiger partial charge on any atom is -0.455 e. The van der Waals surface area contributed by atoms with Gasteiger partial charge in [0.2, 0.25) is 0 Å². The third-order valence-corrected chi connectivity index (χ3v) is 3.14. The molecule has 1 amide bonds. The van der Waals surface area contributed by atoms with Crippen LogP contribution in [0.1, 0.15) is 15.9 Å². The molecule has 0 fully saturated rings. The van der Waals surface area contributed by atoms with E-state index in [4.69, 9.17) is 10.5 Å². The van der Waals surface area contributed by atoms with Gasteiger partial charge in [0, 0.05) is 0 Å². The van der Waals surface area contributed by atoms with Crippen LogP contribution in [-0.2, 0) is 0 Å². The van der Waals surface area contributed by atoms with Crippen LogP contribution in [0, 0.1) is 12.7 Å². The normalized spacial score (nSPS) is 10.3. The van der Waals surface area contributed by atoms with Crippen molar-refractivity contribution in [2.45, 2.75) is 6.92 Å². The van der Waals surface area contributed by atoms with Crippen molar-refractivity contribution in [3.8, 4) is 11.5 Å². The van der Waals surface area contributed by atoms with Gasteiger partial charge >= 0.3 is 0 Å². The van der Waals surface area contributed by atoms with E-state index in [2.05, 4.69) is 15.9 Å². The zero-order valence-electron chi connectivity index (χ0n) is 10.1. The van der Waals surface area contributed by atoms with Crippen LogP contribution in [-0.4, -0.2) is 5.91 Å². The van der Waals surface area contributed by atoms with Crippen LogP contribution in [0.15, 0.2) is 40.9 Å². The Morgan fingerprint density at radius 3 is 2.58 bits per heavy atom. The second-order valence-corrected chi connectivity index (χ2v) is 4.90. The third-order valence-electron chi connectivity index (χ3n) is 2.52. The van der Waals surface area contributed by atoms with Crippen molar-refractivity contribution in [1.29, 1.82) is 0 Å². The highest BCUT2D eigenvalue weighted by Crippen LogP contribution is 2.32. The van der Waals surface area contributed by atoms with Gasteiger partial charge in [-0.15, -0.1) is 0 Å². The van der Waals surface area contributed by atoms with E-state index in [0.29, 0.717) is 16.0 Å². The van der Waals surface area contributed by atoms with Crippen LogP contribution in [0.3, 0.4) is 0 Å². The molecule has 0 atom stereocenters. The van der Waals surface area contributed by atoms with Crippen molar-refractivity contribution in [2.24, 2.45) is 5.73 Å². The summed E-state index contributed by atoms with van der Waals surface area (Å²) < 4.78 is 19.1. The fourth-order valence-electron chi connectivity index (χ4n) is 1.59. The Kier molecular flexibility index (Phi) is 3.85. The smallest absolute Gasteiger partial charge is 0.252 e. The summed E-state index contributed by atoms with van der Waals surface area (Å²) in [7, 11) is 0. The van der Waals surface area contributed by atoms with Gasteiger partial charge in [-0.05, 0) is 58.7 Å². The summed E-state index contributed by atoms with van der Waals surface area (Å²) in [5.74, 6) is -0.193. The second-order valence-electron chi connectivity index (χ2n) is 4.04. The standard InChI is InChI=1S/C14H11BrFNO2/c1-8-2-4-10(14(17)18)13(6-8)19-12-5-3-9(16)7-11(12)15/h2-7H,1H3,(H2,17,18). The van der Waals surface area contributed by atoms with Crippen molar-refractivity contribution in [2.75, 3.05) is 0 Å². The number of nitrogens with two attached hydrogens (primary N) is 1. The van der Waals surface area contributed by atoms with E-state index >= 15 is 0 Å². The Hall–Kier alpha value is -1.88. The molecule has 2 N–H and O–H groups in total. The van der Waals surface area contributed by atoms with E-state index in [0.717, 1.165) is 5.56 Å². The lowest BCUT2D eigenvalue weighted by molar-refractivity contribution is 0.0998. The van der Waals surface area contributed by atoms with Gasteiger partial charge in [0.1, 0.15) is 17.3 Å². The summed E-state index contributed by atoms with van der Waals surface area (Å²) in [4.78, 5) is 11.3. The molecule has 0 saturated heterocycles. The van der Waals surface area contributed by atoms with Crippen LogP contribution in [0.25, 0.3) is 0 Å². The number of carbonyl (C=O) groups is 1. The molecular weight excluding hydrogens is 313 g/mol. The van der Waals surface area contributed by atoms with Gasteiger partial charge in [-0.3, -0.25) is 4.79 Å². The maximum absolute atomic E-state index is 13.0. The van der Waals surface area contributed by atoms with Gasteiger partial charge in [-0.2, -0.15) is 0 Å². The molecule has 5 heteroatoms.